The summed E-state index contributed by atoms with van der Waals surface area (Å²) in [5.74, 6) is -0.563. The van der Waals surface area contributed by atoms with E-state index in [1.807, 2.05) is 6.07 Å². The molecule has 0 atom stereocenters. The van der Waals surface area contributed by atoms with Crippen LogP contribution in [0.2, 0.25) is 0 Å². The predicted octanol–water partition coefficient (Wildman–Crippen LogP) is 1.37. The Kier molecular flexibility index (Phi) is 2.75. The Morgan fingerprint density at radius 2 is 2.12 bits per heavy atom. The van der Waals surface area contributed by atoms with Crippen LogP contribution in [0.3, 0.4) is 0 Å². The van der Waals surface area contributed by atoms with Gasteiger partial charge in [-0.25, -0.2) is 0 Å². The van der Waals surface area contributed by atoms with Gasteiger partial charge in [0, 0.05) is 11.6 Å². The van der Waals surface area contributed by atoms with Crippen LogP contribution in [0.5, 0.6) is 0 Å². The summed E-state index contributed by atoms with van der Waals surface area (Å²) < 4.78 is 0. The van der Waals surface area contributed by atoms with E-state index in [9.17, 15) is 9.59 Å². The van der Waals surface area contributed by atoms with Gasteiger partial charge in [-0.2, -0.15) is 5.26 Å². The monoisotopic (exact) mass is 226 g/mol. The standard InChI is InChI=1S/C13H10N2O2/c1-9-5-12(16)15(13(9)17)8-11-4-2-3-10(6-11)7-14/h2-6H,8H2,1H3. The third kappa shape index (κ3) is 2.08. The SMILES string of the molecule is CC1=CC(=O)N(Cc2cccc(C#N)c2)C1=O. The minimum absolute atomic E-state index is 0.209. The van der Waals surface area contributed by atoms with E-state index in [0.717, 1.165) is 5.56 Å². The van der Waals surface area contributed by atoms with Crippen molar-refractivity contribution in [1.82, 2.24) is 4.90 Å². The zero-order valence-corrected chi connectivity index (χ0v) is 9.30. The van der Waals surface area contributed by atoms with E-state index in [2.05, 4.69) is 0 Å². The van der Waals surface area contributed by atoms with Gasteiger partial charge in [0.25, 0.3) is 11.8 Å². The molecule has 2 rings (SSSR count). The van der Waals surface area contributed by atoms with Crippen LogP contribution in [0.4, 0.5) is 0 Å². The van der Waals surface area contributed by atoms with E-state index < -0.39 is 0 Å². The van der Waals surface area contributed by atoms with Gasteiger partial charge in [-0.3, -0.25) is 14.5 Å². The summed E-state index contributed by atoms with van der Waals surface area (Å²) in [6.07, 6.45) is 1.33. The second-order valence-corrected chi connectivity index (χ2v) is 3.87. The molecule has 0 bridgehead atoms. The van der Waals surface area contributed by atoms with E-state index in [0.29, 0.717) is 11.1 Å². The maximum Gasteiger partial charge on any atom is 0.256 e. The van der Waals surface area contributed by atoms with Gasteiger partial charge in [-0.1, -0.05) is 12.1 Å². The minimum Gasteiger partial charge on any atom is -0.271 e. The number of hydrogen-bond donors (Lipinski definition) is 0. The Balaban J connectivity index is 2.20. The second-order valence-electron chi connectivity index (χ2n) is 3.87. The number of carbonyl (C=O) groups excluding carboxylic acids is 2. The van der Waals surface area contributed by atoms with Crippen molar-refractivity contribution in [3.05, 3.63) is 47.0 Å². The van der Waals surface area contributed by atoms with Crippen LogP contribution < -0.4 is 0 Å². The zero-order chi connectivity index (χ0) is 12.4. The summed E-state index contributed by atoms with van der Waals surface area (Å²) in [6.45, 7) is 1.83. The molecule has 0 unspecified atom stereocenters. The number of hydrogen-bond acceptors (Lipinski definition) is 3. The Bertz CT molecular complexity index is 567. The van der Waals surface area contributed by atoms with E-state index >= 15 is 0 Å². The molecule has 17 heavy (non-hydrogen) atoms. The van der Waals surface area contributed by atoms with Gasteiger partial charge in [0.15, 0.2) is 0 Å². The number of nitriles is 1. The lowest BCUT2D eigenvalue weighted by Gasteiger charge is -2.14. The Labute approximate surface area is 98.8 Å². The summed E-state index contributed by atoms with van der Waals surface area (Å²) in [5, 5.41) is 8.76. The lowest BCUT2D eigenvalue weighted by molar-refractivity contribution is -0.137. The largest absolute Gasteiger partial charge is 0.271 e. The molecule has 1 aromatic carbocycles. The highest BCUT2D eigenvalue weighted by atomic mass is 16.2. The first-order valence-electron chi connectivity index (χ1n) is 5.15. The van der Waals surface area contributed by atoms with Crippen LogP contribution >= 0.6 is 0 Å². The molecule has 84 valence electrons. The van der Waals surface area contributed by atoms with E-state index in [1.165, 1.54) is 11.0 Å². The normalized spacial score (nSPS) is 14.8. The van der Waals surface area contributed by atoms with Crippen LogP contribution in [-0.2, 0) is 16.1 Å². The second kappa shape index (κ2) is 4.22. The summed E-state index contributed by atoms with van der Waals surface area (Å²) in [4.78, 5) is 24.3. The Morgan fingerprint density at radius 3 is 2.71 bits per heavy atom. The van der Waals surface area contributed by atoms with Crippen molar-refractivity contribution in [2.75, 3.05) is 0 Å². The molecule has 0 aliphatic carbocycles. The van der Waals surface area contributed by atoms with Crippen LogP contribution in [0.1, 0.15) is 18.1 Å². The fraction of sp³-hybridized carbons (Fsp3) is 0.154. The van der Waals surface area contributed by atoms with Crippen LogP contribution in [-0.4, -0.2) is 16.7 Å². The molecule has 0 spiro atoms. The third-order valence-corrected chi connectivity index (χ3v) is 2.59. The molecule has 1 heterocycles. The van der Waals surface area contributed by atoms with Crippen molar-refractivity contribution in [3.8, 4) is 6.07 Å². The number of rotatable bonds is 2. The molecule has 0 saturated heterocycles. The maximum absolute atomic E-state index is 11.6. The van der Waals surface area contributed by atoms with Crippen molar-refractivity contribution < 1.29 is 9.59 Å². The number of amides is 2. The maximum atomic E-state index is 11.6. The van der Waals surface area contributed by atoms with Gasteiger partial charge < -0.3 is 0 Å². The summed E-state index contributed by atoms with van der Waals surface area (Å²) >= 11 is 0. The molecule has 1 aliphatic rings. The molecule has 2 amide bonds. The van der Waals surface area contributed by atoms with Crippen LogP contribution in [0, 0.1) is 11.3 Å². The molecule has 0 radical (unpaired) electrons. The first-order valence-corrected chi connectivity index (χ1v) is 5.15. The lowest BCUT2D eigenvalue weighted by Crippen LogP contribution is -2.30. The summed E-state index contributed by atoms with van der Waals surface area (Å²) in [6, 6.07) is 8.90. The molecule has 0 aromatic heterocycles. The Hall–Kier alpha value is -2.41. The van der Waals surface area contributed by atoms with E-state index in [-0.39, 0.29) is 18.4 Å². The van der Waals surface area contributed by atoms with Crippen molar-refractivity contribution in [2.24, 2.45) is 0 Å². The number of nitrogens with zero attached hydrogens (tertiary/aromatic N) is 2. The smallest absolute Gasteiger partial charge is 0.256 e. The van der Waals surface area contributed by atoms with Gasteiger partial charge in [0.05, 0.1) is 18.2 Å². The molecule has 4 heteroatoms. The van der Waals surface area contributed by atoms with E-state index in [1.54, 1.807) is 31.2 Å². The summed E-state index contributed by atoms with van der Waals surface area (Å²) in [5.41, 5.74) is 1.74. The highest BCUT2D eigenvalue weighted by molar-refractivity contribution is 6.15. The zero-order valence-electron chi connectivity index (χ0n) is 9.30. The molecule has 0 saturated carbocycles. The number of imide groups is 1. The highest BCUT2D eigenvalue weighted by Gasteiger charge is 2.28. The fourth-order valence-corrected chi connectivity index (χ4v) is 1.71. The van der Waals surface area contributed by atoms with Crippen molar-refractivity contribution >= 4 is 11.8 Å². The molecule has 1 aliphatic heterocycles. The first kappa shape index (κ1) is 11.1. The molecule has 0 N–H and O–H groups in total. The van der Waals surface area contributed by atoms with Gasteiger partial charge in [-0.05, 0) is 24.6 Å². The minimum atomic E-state index is -0.296. The van der Waals surface area contributed by atoms with Crippen molar-refractivity contribution in [1.29, 1.82) is 5.26 Å². The summed E-state index contributed by atoms with van der Waals surface area (Å²) in [7, 11) is 0. The average molecular weight is 226 g/mol. The van der Waals surface area contributed by atoms with Crippen molar-refractivity contribution in [3.63, 3.8) is 0 Å². The molecule has 0 fully saturated rings. The molecular weight excluding hydrogens is 216 g/mol. The van der Waals surface area contributed by atoms with Gasteiger partial charge in [0.1, 0.15) is 0 Å². The fourth-order valence-electron chi connectivity index (χ4n) is 1.71. The topological polar surface area (TPSA) is 61.2 Å². The van der Waals surface area contributed by atoms with Crippen LogP contribution in [0.25, 0.3) is 0 Å². The van der Waals surface area contributed by atoms with Gasteiger partial charge in [0.2, 0.25) is 0 Å². The average Bonchev–Trinajstić information content (AvgIpc) is 2.56. The van der Waals surface area contributed by atoms with Gasteiger partial charge in [-0.15, -0.1) is 0 Å². The molecule has 1 aromatic rings. The van der Waals surface area contributed by atoms with E-state index in [4.69, 9.17) is 5.26 Å². The van der Waals surface area contributed by atoms with Crippen LogP contribution in [0.15, 0.2) is 35.9 Å². The first-order chi connectivity index (χ1) is 8.11. The number of carbonyl (C=O) groups is 2. The third-order valence-electron chi connectivity index (χ3n) is 2.59. The predicted molar refractivity (Wildman–Crippen MR) is 60.5 cm³/mol. The van der Waals surface area contributed by atoms with Gasteiger partial charge >= 0.3 is 0 Å². The highest BCUT2D eigenvalue weighted by Crippen LogP contribution is 2.16. The van der Waals surface area contributed by atoms with Crippen molar-refractivity contribution in [2.45, 2.75) is 13.5 Å². The number of benzene rings is 1. The Morgan fingerprint density at radius 1 is 1.35 bits per heavy atom. The molecule has 4 nitrogen and oxygen atoms in total. The quantitative estimate of drug-likeness (QED) is 0.715. The lowest BCUT2D eigenvalue weighted by atomic mass is 10.1. The molecular formula is C13H10N2O2.